The minimum Gasteiger partial charge on any atom is -0.492 e. The first-order chi connectivity index (χ1) is 15.6. The number of rotatable bonds is 9. The highest BCUT2D eigenvalue weighted by atomic mass is 35.5. The Balaban J connectivity index is 0.00000408. The smallest absolute Gasteiger partial charge is 0.305 e. The van der Waals surface area contributed by atoms with Gasteiger partial charge in [0.15, 0.2) is 0 Å². The van der Waals surface area contributed by atoms with Crippen LogP contribution in [0.3, 0.4) is 0 Å². The zero-order valence-corrected chi connectivity index (χ0v) is 20.9. The first kappa shape index (κ1) is 27.5. The van der Waals surface area contributed by atoms with Crippen LogP contribution in [0.1, 0.15) is 18.4 Å². The molecular weight excluding hydrogens is 482 g/mol. The molecule has 0 unspecified atom stereocenters. The first-order valence-corrected chi connectivity index (χ1v) is 11.8. The van der Waals surface area contributed by atoms with E-state index in [1.165, 1.54) is 29.8 Å². The number of nitrogens with two attached hydrogens (primary N) is 1. The number of amidine groups is 1. The lowest BCUT2D eigenvalue weighted by Crippen LogP contribution is -2.45. The molecule has 10 nitrogen and oxygen atoms in total. The van der Waals surface area contributed by atoms with Crippen LogP contribution in [0.15, 0.2) is 42.6 Å². The van der Waals surface area contributed by atoms with Crippen LogP contribution >= 0.6 is 12.4 Å². The van der Waals surface area contributed by atoms with Crippen molar-refractivity contribution in [2.75, 3.05) is 34.4 Å². The summed E-state index contributed by atoms with van der Waals surface area (Å²) in [5.74, 6) is 0.0677. The van der Waals surface area contributed by atoms with E-state index in [0.717, 1.165) is 11.3 Å². The van der Waals surface area contributed by atoms with Gasteiger partial charge >= 0.3 is 5.97 Å². The molecule has 186 valence electrons. The highest BCUT2D eigenvalue weighted by molar-refractivity contribution is 7.86. The van der Waals surface area contributed by atoms with Crippen molar-refractivity contribution in [1.82, 2.24) is 13.6 Å². The van der Waals surface area contributed by atoms with Crippen LogP contribution in [0.5, 0.6) is 5.75 Å². The minimum atomic E-state index is -3.66. The molecule has 0 saturated carbocycles. The fraction of sp³-hybridized carbons (Fsp3) is 0.409. The maximum Gasteiger partial charge on any atom is 0.305 e. The molecule has 34 heavy (non-hydrogen) atoms. The zero-order valence-electron chi connectivity index (χ0n) is 19.3. The maximum atomic E-state index is 12.8. The predicted molar refractivity (Wildman–Crippen MR) is 131 cm³/mol. The number of nitrogens with one attached hydrogen (secondary N) is 1. The summed E-state index contributed by atoms with van der Waals surface area (Å²) in [6, 6.07) is 10.4. The van der Waals surface area contributed by atoms with Gasteiger partial charge in [-0.2, -0.15) is 17.0 Å². The van der Waals surface area contributed by atoms with Gasteiger partial charge in [0.05, 0.1) is 18.8 Å². The molecule has 1 aromatic carbocycles. The van der Waals surface area contributed by atoms with E-state index in [1.54, 1.807) is 30.5 Å². The summed E-state index contributed by atoms with van der Waals surface area (Å²) in [6.45, 7) is 0.403. The number of aromatic nitrogens is 1. The summed E-state index contributed by atoms with van der Waals surface area (Å²) in [5, 5.41) is 7.44. The summed E-state index contributed by atoms with van der Waals surface area (Å²) < 4.78 is 38.8. The van der Waals surface area contributed by atoms with Crippen LogP contribution in [-0.4, -0.2) is 74.2 Å². The van der Waals surface area contributed by atoms with Crippen LogP contribution in [0, 0.1) is 11.3 Å². The molecule has 0 spiro atoms. The third-order valence-corrected chi connectivity index (χ3v) is 7.52. The molecular formula is C22H30ClN5O5S. The lowest BCUT2D eigenvalue weighted by atomic mass is 10.0. The van der Waals surface area contributed by atoms with Gasteiger partial charge in [0.2, 0.25) is 0 Å². The summed E-state index contributed by atoms with van der Waals surface area (Å²) >= 11 is 0. The number of hydrogen-bond acceptors (Lipinski definition) is 7. The predicted octanol–water partition coefficient (Wildman–Crippen LogP) is 1.89. The van der Waals surface area contributed by atoms with Crippen LogP contribution in [-0.2, 0) is 19.7 Å². The Morgan fingerprint density at radius 1 is 1.24 bits per heavy atom. The molecule has 1 saturated heterocycles. The maximum absolute atomic E-state index is 12.8. The van der Waals surface area contributed by atoms with Crippen molar-refractivity contribution in [3.63, 3.8) is 0 Å². The number of hydrogen-bond donors (Lipinski definition) is 2. The van der Waals surface area contributed by atoms with Gasteiger partial charge in [-0.3, -0.25) is 15.2 Å². The highest BCUT2D eigenvalue weighted by Gasteiger charge is 2.41. The van der Waals surface area contributed by atoms with Crippen LogP contribution < -0.4 is 10.5 Å². The van der Waals surface area contributed by atoms with Crippen molar-refractivity contribution < 1.29 is 22.7 Å². The molecule has 0 bridgehead atoms. The molecule has 1 aromatic heterocycles. The van der Waals surface area contributed by atoms with Gasteiger partial charge in [-0.25, -0.2) is 0 Å². The SMILES string of the molecule is COC(=O)C[C@@H]1C[C@@H](COc2ccc(-c3ccc(C(=N)N)cn3)cc2)N(S(=O)(=O)N(C)C)C1.Cl. The second-order valence-electron chi connectivity index (χ2n) is 8.08. The van der Waals surface area contributed by atoms with Gasteiger partial charge in [-0.05, 0) is 48.7 Å². The van der Waals surface area contributed by atoms with Crippen molar-refractivity contribution in [2.24, 2.45) is 11.7 Å². The molecule has 1 aliphatic heterocycles. The Morgan fingerprint density at radius 3 is 2.44 bits per heavy atom. The summed E-state index contributed by atoms with van der Waals surface area (Å²) in [7, 11) is 0.632. The molecule has 1 fully saturated rings. The second-order valence-corrected chi connectivity index (χ2v) is 10.2. The standard InChI is InChI=1S/C22H29N5O5S.ClH/c1-26(2)33(29,30)27-13-15(11-21(28)31-3)10-18(27)14-32-19-7-4-16(5-8-19)20-9-6-17(12-25-20)22(23)24;/h4-9,12,15,18H,10-11,13-14H2,1-3H3,(H3,23,24);1H/t15-,18-;/m0./s1. The number of halogens is 1. The molecule has 2 atom stereocenters. The quantitative estimate of drug-likeness (QED) is 0.297. The van der Waals surface area contributed by atoms with Crippen LogP contribution in [0.25, 0.3) is 11.3 Å². The summed E-state index contributed by atoms with van der Waals surface area (Å²) in [6.07, 6.45) is 2.22. The number of nitrogen functional groups attached to an aromatic ring is 1. The van der Waals surface area contributed by atoms with E-state index < -0.39 is 16.3 Å². The molecule has 2 heterocycles. The molecule has 2 aromatic rings. The van der Waals surface area contributed by atoms with E-state index in [0.29, 0.717) is 17.7 Å². The lowest BCUT2D eigenvalue weighted by Gasteiger charge is -2.26. The van der Waals surface area contributed by atoms with Gasteiger partial charge in [-0.1, -0.05) is 0 Å². The van der Waals surface area contributed by atoms with E-state index in [4.69, 9.17) is 20.6 Å². The molecule has 1 aliphatic rings. The van der Waals surface area contributed by atoms with Gasteiger partial charge < -0.3 is 15.2 Å². The number of esters is 1. The van der Waals surface area contributed by atoms with Crippen molar-refractivity contribution in [3.05, 3.63) is 48.2 Å². The van der Waals surface area contributed by atoms with E-state index in [9.17, 15) is 13.2 Å². The van der Waals surface area contributed by atoms with Crippen LogP contribution in [0.2, 0.25) is 0 Å². The van der Waals surface area contributed by atoms with E-state index in [2.05, 4.69) is 4.98 Å². The monoisotopic (exact) mass is 511 g/mol. The highest BCUT2D eigenvalue weighted by Crippen LogP contribution is 2.30. The topological polar surface area (TPSA) is 139 Å². The Kier molecular flexibility index (Phi) is 9.39. The third-order valence-electron chi connectivity index (χ3n) is 5.56. The van der Waals surface area contributed by atoms with E-state index in [-0.39, 0.29) is 49.7 Å². The number of nitrogens with zero attached hydrogens (tertiary/aromatic N) is 3. The number of carbonyl (C=O) groups is 1. The summed E-state index contributed by atoms with van der Waals surface area (Å²) in [4.78, 5) is 16.0. The number of methoxy groups -OCH3 is 1. The Hall–Kier alpha value is -2.73. The van der Waals surface area contributed by atoms with Crippen molar-refractivity contribution in [3.8, 4) is 17.0 Å². The van der Waals surface area contributed by atoms with Gasteiger partial charge in [0.1, 0.15) is 18.2 Å². The van der Waals surface area contributed by atoms with Gasteiger partial charge in [-0.15, -0.1) is 12.4 Å². The molecule has 0 radical (unpaired) electrons. The Morgan fingerprint density at radius 2 is 1.91 bits per heavy atom. The van der Waals surface area contributed by atoms with Gasteiger partial charge in [0, 0.05) is 44.4 Å². The number of ether oxygens (including phenoxy) is 2. The fourth-order valence-corrected chi connectivity index (χ4v) is 5.07. The minimum absolute atomic E-state index is 0. The summed E-state index contributed by atoms with van der Waals surface area (Å²) in [5.41, 5.74) is 7.62. The number of benzene rings is 1. The molecule has 3 rings (SSSR count). The molecule has 3 N–H and O–H groups in total. The number of carbonyl (C=O) groups excluding carboxylic acids is 1. The number of pyridine rings is 1. The second kappa shape index (κ2) is 11.6. The van der Waals surface area contributed by atoms with Crippen molar-refractivity contribution in [2.45, 2.75) is 18.9 Å². The normalized spacial score (nSPS) is 18.4. The van der Waals surface area contributed by atoms with E-state index >= 15 is 0 Å². The average Bonchev–Trinajstić information content (AvgIpc) is 3.21. The molecule has 0 amide bonds. The van der Waals surface area contributed by atoms with E-state index in [1.807, 2.05) is 12.1 Å². The lowest BCUT2D eigenvalue weighted by molar-refractivity contribution is -0.141. The fourth-order valence-electron chi connectivity index (χ4n) is 3.73. The third kappa shape index (κ3) is 6.44. The average molecular weight is 512 g/mol. The van der Waals surface area contributed by atoms with Crippen molar-refractivity contribution in [1.29, 1.82) is 5.41 Å². The van der Waals surface area contributed by atoms with Crippen molar-refractivity contribution >= 4 is 34.4 Å². The Labute approximate surface area is 206 Å². The van der Waals surface area contributed by atoms with Crippen LogP contribution in [0.4, 0.5) is 0 Å². The van der Waals surface area contributed by atoms with Gasteiger partial charge in [0.25, 0.3) is 10.2 Å². The molecule has 12 heteroatoms. The largest absolute Gasteiger partial charge is 0.492 e. The first-order valence-electron chi connectivity index (χ1n) is 10.4. The zero-order chi connectivity index (χ0) is 24.2. The molecule has 0 aliphatic carbocycles. The Bertz CT molecular complexity index is 1090.